The fourth-order valence-electron chi connectivity index (χ4n) is 4.26. The molecule has 28 heavy (non-hydrogen) atoms. The molecule has 4 rings (SSSR count). The van der Waals surface area contributed by atoms with Gasteiger partial charge in [-0.1, -0.05) is 35.9 Å². The Morgan fingerprint density at radius 3 is 2.68 bits per heavy atom. The van der Waals surface area contributed by atoms with Gasteiger partial charge in [0.2, 0.25) is 10.0 Å². The second-order valence-corrected chi connectivity index (χ2v) is 10.0. The third-order valence-electron chi connectivity index (χ3n) is 5.74. The predicted octanol–water partition coefficient (Wildman–Crippen LogP) is 3.94. The predicted molar refractivity (Wildman–Crippen MR) is 108 cm³/mol. The molecule has 2 heterocycles. The zero-order valence-corrected chi connectivity index (χ0v) is 17.2. The zero-order chi connectivity index (χ0) is 19.7. The molecule has 2 aromatic carbocycles. The largest absolute Gasteiger partial charge is 0.298 e. The molecular weight excluding hydrogens is 399 g/mol. The van der Waals surface area contributed by atoms with Gasteiger partial charge in [0.05, 0.1) is 9.92 Å². The van der Waals surface area contributed by atoms with Gasteiger partial charge < -0.3 is 0 Å². The summed E-state index contributed by atoms with van der Waals surface area (Å²) < 4.78 is 41.2. The Labute approximate surface area is 171 Å². The van der Waals surface area contributed by atoms with Gasteiger partial charge in [-0.3, -0.25) is 4.90 Å². The summed E-state index contributed by atoms with van der Waals surface area (Å²) in [6, 6.07) is 12.2. The van der Waals surface area contributed by atoms with E-state index in [-0.39, 0.29) is 15.8 Å². The van der Waals surface area contributed by atoms with Crippen molar-refractivity contribution in [1.29, 1.82) is 0 Å². The smallest absolute Gasteiger partial charge is 0.243 e. The number of benzene rings is 2. The summed E-state index contributed by atoms with van der Waals surface area (Å²) in [7, 11) is -3.71. The van der Waals surface area contributed by atoms with E-state index in [2.05, 4.69) is 29.2 Å². The highest BCUT2D eigenvalue weighted by atomic mass is 35.5. The molecule has 150 valence electrons. The standard InChI is InChI=1S/C21H24ClFN2O2S/c22-20-8-7-19(12-21(20)23)28(26,27)25-10-3-4-16(14-25)13-24-11-9-17-5-1-2-6-18(17)15-24/h1-2,5-8,12,16H,3-4,9-11,13-15H2. The van der Waals surface area contributed by atoms with Gasteiger partial charge in [-0.25, -0.2) is 12.8 Å². The fraction of sp³-hybridized carbons (Fsp3) is 0.429. The van der Waals surface area contributed by atoms with Crippen molar-refractivity contribution in [3.05, 3.63) is 64.4 Å². The second-order valence-electron chi connectivity index (χ2n) is 7.70. The van der Waals surface area contributed by atoms with Crippen molar-refractivity contribution < 1.29 is 12.8 Å². The van der Waals surface area contributed by atoms with Crippen molar-refractivity contribution in [1.82, 2.24) is 9.21 Å². The Morgan fingerprint density at radius 1 is 1.11 bits per heavy atom. The van der Waals surface area contributed by atoms with E-state index in [1.165, 1.54) is 27.6 Å². The van der Waals surface area contributed by atoms with E-state index < -0.39 is 15.8 Å². The lowest BCUT2D eigenvalue weighted by Crippen LogP contribution is -2.44. The highest BCUT2D eigenvalue weighted by molar-refractivity contribution is 7.89. The van der Waals surface area contributed by atoms with Crippen LogP contribution in [-0.2, 0) is 23.0 Å². The summed E-state index contributed by atoms with van der Waals surface area (Å²) in [5.41, 5.74) is 2.78. The van der Waals surface area contributed by atoms with Gasteiger partial charge in [-0.15, -0.1) is 0 Å². The summed E-state index contributed by atoms with van der Waals surface area (Å²) in [5.74, 6) is -0.422. The minimum atomic E-state index is -3.71. The van der Waals surface area contributed by atoms with Crippen molar-refractivity contribution >= 4 is 21.6 Å². The lowest BCUT2D eigenvalue weighted by atomic mass is 9.95. The maximum Gasteiger partial charge on any atom is 0.243 e. The number of fused-ring (bicyclic) bond motifs is 1. The SMILES string of the molecule is O=S(=O)(c1ccc(Cl)c(F)c1)N1CCCC(CN2CCc3ccccc3C2)C1. The molecule has 1 atom stereocenters. The molecule has 0 aromatic heterocycles. The molecule has 0 bridgehead atoms. The summed E-state index contributed by atoms with van der Waals surface area (Å²) in [6.07, 6.45) is 2.87. The molecule has 2 aromatic rings. The van der Waals surface area contributed by atoms with Gasteiger partial charge in [0, 0.05) is 32.7 Å². The Bertz CT molecular complexity index is 967. The van der Waals surface area contributed by atoms with E-state index >= 15 is 0 Å². The zero-order valence-electron chi connectivity index (χ0n) is 15.7. The van der Waals surface area contributed by atoms with Gasteiger partial charge in [-0.05, 0) is 54.5 Å². The minimum Gasteiger partial charge on any atom is -0.298 e. The van der Waals surface area contributed by atoms with Crippen molar-refractivity contribution in [2.45, 2.75) is 30.7 Å². The van der Waals surface area contributed by atoms with Crippen molar-refractivity contribution in [3.8, 4) is 0 Å². The fourth-order valence-corrected chi connectivity index (χ4v) is 5.94. The average Bonchev–Trinajstić information content (AvgIpc) is 2.70. The van der Waals surface area contributed by atoms with Crippen molar-refractivity contribution in [2.24, 2.45) is 5.92 Å². The summed E-state index contributed by atoms with van der Waals surface area (Å²) in [4.78, 5) is 2.40. The van der Waals surface area contributed by atoms with E-state index in [0.29, 0.717) is 13.1 Å². The molecule has 2 aliphatic rings. The van der Waals surface area contributed by atoms with E-state index in [4.69, 9.17) is 11.6 Å². The molecule has 0 radical (unpaired) electrons. The first-order valence-corrected chi connectivity index (χ1v) is 11.5. The van der Waals surface area contributed by atoms with Gasteiger partial charge >= 0.3 is 0 Å². The molecule has 1 unspecified atom stereocenters. The maximum atomic E-state index is 13.8. The number of hydrogen-bond acceptors (Lipinski definition) is 3. The Hall–Kier alpha value is -1.47. The van der Waals surface area contributed by atoms with Crippen LogP contribution in [0.4, 0.5) is 4.39 Å². The highest BCUT2D eigenvalue weighted by Crippen LogP contribution is 2.27. The first-order chi connectivity index (χ1) is 13.4. The molecule has 0 spiro atoms. The van der Waals surface area contributed by atoms with Gasteiger partial charge in [0.15, 0.2) is 0 Å². The quantitative estimate of drug-likeness (QED) is 0.749. The number of hydrogen-bond donors (Lipinski definition) is 0. The van der Waals surface area contributed by atoms with Crippen LogP contribution in [0.5, 0.6) is 0 Å². The Morgan fingerprint density at radius 2 is 1.89 bits per heavy atom. The molecule has 7 heteroatoms. The lowest BCUT2D eigenvalue weighted by Gasteiger charge is -2.36. The Balaban J connectivity index is 1.44. The maximum absolute atomic E-state index is 13.8. The number of piperidine rings is 1. The monoisotopic (exact) mass is 422 g/mol. The normalized spacial score (nSPS) is 21.4. The molecule has 0 saturated carbocycles. The number of nitrogens with zero attached hydrogens (tertiary/aromatic N) is 2. The topological polar surface area (TPSA) is 40.6 Å². The van der Waals surface area contributed by atoms with Gasteiger partial charge in [0.1, 0.15) is 5.82 Å². The van der Waals surface area contributed by atoms with Crippen LogP contribution in [0, 0.1) is 11.7 Å². The summed E-state index contributed by atoms with van der Waals surface area (Å²) in [6.45, 7) is 3.76. The molecule has 0 amide bonds. The van der Waals surface area contributed by atoms with Crippen LogP contribution in [0.1, 0.15) is 24.0 Å². The average molecular weight is 423 g/mol. The molecule has 4 nitrogen and oxygen atoms in total. The third-order valence-corrected chi connectivity index (χ3v) is 7.90. The van der Waals surface area contributed by atoms with Crippen LogP contribution in [0.2, 0.25) is 5.02 Å². The van der Waals surface area contributed by atoms with Crippen LogP contribution < -0.4 is 0 Å². The molecule has 0 aliphatic carbocycles. The van der Waals surface area contributed by atoms with Crippen LogP contribution in [0.3, 0.4) is 0 Å². The third kappa shape index (κ3) is 4.10. The number of halogens is 2. The Kier molecular flexibility index (Phi) is 5.74. The van der Waals surface area contributed by atoms with Crippen LogP contribution >= 0.6 is 11.6 Å². The van der Waals surface area contributed by atoms with Gasteiger partial charge in [-0.2, -0.15) is 4.31 Å². The van der Waals surface area contributed by atoms with Crippen molar-refractivity contribution in [3.63, 3.8) is 0 Å². The summed E-state index contributed by atoms with van der Waals surface area (Å²) >= 11 is 5.70. The second kappa shape index (κ2) is 8.11. The van der Waals surface area contributed by atoms with Crippen LogP contribution in [0.25, 0.3) is 0 Å². The number of rotatable bonds is 4. The van der Waals surface area contributed by atoms with Crippen molar-refractivity contribution in [2.75, 3.05) is 26.2 Å². The van der Waals surface area contributed by atoms with E-state index in [9.17, 15) is 12.8 Å². The van der Waals surface area contributed by atoms with Crippen LogP contribution in [0.15, 0.2) is 47.4 Å². The molecule has 1 saturated heterocycles. The first-order valence-electron chi connectivity index (χ1n) is 9.68. The van der Waals surface area contributed by atoms with E-state index in [1.807, 2.05) is 0 Å². The minimum absolute atomic E-state index is 0.0260. The molecule has 0 N–H and O–H groups in total. The number of sulfonamides is 1. The first kappa shape index (κ1) is 19.8. The molecule has 1 fully saturated rings. The van der Waals surface area contributed by atoms with E-state index in [1.54, 1.807) is 0 Å². The molecular formula is C21H24ClFN2O2S. The van der Waals surface area contributed by atoms with Gasteiger partial charge in [0.25, 0.3) is 0 Å². The lowest BCUT2D eigenvalue weighted by molar-refractivity contribution is 0.167. The highest BCUT2D eigenvalue weighted by Gasteiger charge is 2.32. The van der Waals surface area contributed by atoms with Crippen LogP contribution in [-0.4, -0.2) is 43.8 Å². The molecule has 2 aliphatic heterocycles. The summed E-state index contributed by atoms with van der Waals surface area (Å²) in [5, 5.41) is -0.0687. The van der Waals surface area contributed by atoms with E-state index in [0.717, 1.165) is 45.0 Å².